The standard InChI is InChI=1S/C26H31Cl2N5O2/c1-17(2)15-32(25(35)30-24-19(27)12-9-13-20(24)28)16-23(34)29-22-14-21(26(3,4)5)31-33(22)18-10-7-6-8-11-18/h6-14,17H,15-16H2,1-5H3,(H,29,34)(H,30,35). The Hall–Kier alpha value is -3.03. The molecular weight excluding hydrogens is 485 g/mol. The van der Waals surface area contributed by atoms with Gasteiger partial charge in [0.2, 0.25) is 5.91 Å². The summed E-state index contributed by atoms with van der Waals surface area (Å²) in [6, 6.07) is 16.0. The summed E-state index contributed by atoms with van der Waals surface area (Å²) in [5.74, 6) is 0.325. The number of hydrogen-bond donors (Lipinski definition) is 2. The summed E-state index contributed by atoms with van der Waals surface area (Å²) in [6.45, 7) is 10.3. The molecule has 186 valence electrons. The number of urea groups is 1. The average Bonchev–Trinajstić information content (AvgIpc) is 3.20. The zero-order valence-corrected chi connectivity index (χ0v) is 22.1. The Morgan fingerprint density at radius 1 is 1.00 bits per heavy atom. The van der Waals surface area contributed by atoms with Crippen LogP contribution < -0.4 is 10.6 Å². The number of carbonyl (C=O) groups excluding carboxylic acids is 2. The molecule has 1 aromatic heterocycles. The first-order valence-corrected chi connectivity index (χ1v) is 12.2. The SMILES string of the molecule is CC(C)CN(CC(=O)Nc1cc(C(C)(C)C)nn1-c1ccccc1)C(=O)Nc1c(Cl)cccc1Cl. The Labute approximate surface area is 216 Å². The second-order valence-electron chi connectivity index (χ2n) is 9.76. The number of carbonyl (C=O) groups is 2. The highest BCUT2D eigenvalue weighted by Gasteiger charge is 2.24. The van der Waals surface area contributed by atoms with Crippen LogP contribution in [-0.4, -0.2) is 39.7 Å². The Kier molecular flexibility index (Phi) is 8.46. The van der Waals surface area contributed by atoms with Gasteiger partial charge in [0.1, 0.15) is 12.4 Å². The van der Waals surface area contributed by atoms with Crippen LogP contribution in [0.25, 0.3) is 5.69 Å². The quantitative estimate of drug-likeness (QED) is 0.371. The van der Waals surface area contributed by atoms with Crippen molar-refractivity contribution in [3.63, 3.8) is 0 Å². The predicted octanol–water partition coefficient (Wildman–Crippen LogP) is 6.61. The highest BCUT2D eigenvalue weighted by Crippen LogP contribution is 2.30. The first kappa shape index (κ1) is 26.6. The molecule has 0 unspecified atom stereocenters. The van der Waals surface area contributed by atoms with Crippen LogP contribution in [0, 0.1) is 5.92 Å². The number of hydrogen-bond acceptors (Lipinski definition) is 3. The maximum absolute atomic E-state index is 13.1. The van der Waals surface area contributed by atoms with Crippen molar-refractivity contribution in [2.75, 3.05) is 23.7 Å². The van der Waals surface area contributed by atoms with Gasteiger partial charge in [-0.3, -0.25) is 4.79 Å². The lowest BCUT2D eigenvalue weighted by Crippen LogP contribution is -2.42. The third-order valence-electron chi connectivity index (χ3n) is 5.15. The molecule has 0 saturated heterocycles. The molecule has 1 heterocycles. The van der Waals surface area contributed by atoms with Crippen LogP contribution in [0.15, 0.2) is 54.6 Å². The van der Waals surface area contributed by atoms with Crippen LogP contribution in [0.1, 0.15) is 40.3 Å². The minimum atomic E-state index is -0.462. The van der Waals surface area contributed by atoms with Gasteiger partial charge in [-0.2, -0.15) is 5.10 Å². The van der Waals surface area contributed by atoms with Crippen molar-refractivity contribution in [2.24, 2.45) is 5.92 Å². The number of halogens is 2. The molecule has 0 spiro atoms. The van der Waals surface area contributed by atoms with Crippen LogP contribution in [-0.2, 0) is 10.2 Å². The van der Waals surface area contributed by atoms with Crippen LogP contribution in [0.4, 0.5) is 16.3 Å². The molecule has 7 nitrogen and oxygen atoms in total. The van der Waals surface area contributed by atoms with E-state index in [0.29, 0.717) is 28.1 Å². The second-order valence-corrected chi connectivity index (χ2v) is 10.6. The molecule has 35 heavy (non-hydrogen) atoms. The lowest BCUT2D eigenvalue weighted by molar-refractivity contribution is -0.116. The van der Waals surface area contributed by atoms with Gasteiger partial charge in [-0.1, -0.05) is 82.1 Å². The molecule has 0 atom stereocenters. The van der Waals surface area contributed by atoms with Crippen LogP contribution in [0.3, 0.4) is 0 Å². The van der Waals surface area contributed by atoms with E-state index >= 15 is 0 Å². The first-order chi connectivity index (χ1) is 16.5. The van der Waals surface area contributed by atoms with Gasteiger partial charge in [-0.15, -0.1) is 0 Å². The summed E-state index contributed by atoms with van der Waals surface area (Å²) < 4.78 is 1.70. The number of aromatic nitrogens is 2. The Morgan fingerprint density at radius 2 is 1.63 bits per heavy atom. The van der Waals surface area contributed by atoms with Gasteiger partial charge >= 0.3 is 6.03 Å². The van der Waals surface area contributed by atoms with Crippen LogP contribution in [0.5, 0.6) is 0 Å². The van der Waals surface area contributed by atoms with Gasteiger partial charge in [-0.05, 0) is 30.2 Å². The van der Waals surface area contributed by atoms with Crippen LogP contribution >= 0.6 is 23.2 Å². The normalized spacial score (nSPS) is 11.4. The van der Waals surface area contributed by atoms with Gasteiger partial charge in [0, 0.05) is 18.0 Å². The molecule has 9 heteroatoms. The molecule has 0 aliphatic carbocycles. The summed E-state index contributed by atoms with van der Waals surface area (Å²) in [7, 11) is 0. The minimum absolute atomic E-state index is 0.137. The lowest BCUT2D eigenvalue weighted by atomic mass is 9.92. The molecule has 3 amide bonds. The second kappa shape index (κ2) is 11.1. The Bertz CT molecular complexity index is 1170. The zero-order chi connectivity index (χ0) is 25.8. The molecule has 0 saturated carbocycles. The number of anilines is 2. The van der Waals surface area contributed by atoms with Crippen molar-refractivity contribution in [1.29, 1.82) is 0 Å². The number of para-hydroxylation sites is 2. The fourth-order valence-corrected chi connectivity index (χ4v) is 3.91. The van der Waals surface area contributed by atoms with Crippen molar-refractivity contribution in [3.05, 3.63) is 70.3 Å². The van der Waals surface area contributed by atoms with Crippen LogP contribution in [0.2, 0.25) is 10.0 Å². The van der Waals surface area contributed by atoms with Crippen molar-refractivity contribution < 1.29 is 9.59 Å². The third kappa shape index (κ3) is 6.99. The van der Waals surface area contributed by atoms with E-state index in [0.717, 1.165) is 11.4 Å². The molecule has 0 aliphatic rings. The summed E-state index contributed by atoms with van der Waals surface area (Å²) in [5.41, 5.74) is 1.76. The van der Waals surface area contributed by atoms with E-state index in [1.807, 2.05) is 50.2 Å². The van der Waals surface area contributed by atoms with E-state index in [9.17, 15) is 9.59 Å². The van der Waals surface area contributed by atoms with E-state index < -0.39 is 6.03 Å². The van der Waals surface area contributed by atoms with E-state index in [1.54, 1.807) is 22.9 Å². The molecule has 3 rings (SSSR count). The Balaban J connectivity index is 1.82. The number of amides is 3. The van der Waals surface area contributed by atoms with Crippen molar-refractivity contribution in [2.45, 2.75) is 40.0 Å². The van der Waals surface area contributed by atoms with Crippen molar-refractivity contribution in [1.82, 2.24) is 14.7 Å². The average molecular weight is 516 g/mol. The molecule has 2 N–H and O–H groups in total. The van der Waals surface area contributed by atoms with E-state index in [2.05, 4.69) is 31.4 Å². The number of nitrogens with zero attached hydrogens (tertiary/aromatic N) is 3. The highest BCUT2D eigenvalue weighted by molar-refractivity contribution is 6.39. The largest absolute Gasteiger partial charge is 0.322 e. The molecule has 0 radical (unpaired) electrons. The zero-order valence-electron chi connectivity index (χ0n) is 20.6. The molecule has 0 aliphatic heterocycles. The number of rotatable bonds is 7. The van der Waals surface area contributed by atoms with Gasteiger partial charge in [0.15, 0.2) is 0 Å². The summed E-state index contributed by atoms with van der Waals surface area (Å²) >= 11 is 12.4. The van der Waals surface area contributed by atoms with Gasteiger partial charge in [-0.25, -0.2) is 9.48 Å². The molecular formula is C26H31Cl2N5O2. The monoisotopic (exact) mass is 515 g/mol. The van der Waals surface area contributed by atoms with Gasteiger partial charge in [0.25, 0.3) is 0 Å². The maximum Gasteiger partial charge on any atom is 0.322 e. The van der Waals surface area contributed by atoms with E-state index in [-0.39, 0.29) is 23.8 Å². The highest BCUT2D eigenvalue weighted by atomic mass is 35.5. The minimum Gasteiger partial charge on any atom is -0.315 e. The lowest BCUT2D eigenvalue weighted by Gasteiger charge is -2.25. The molecule has 0 fully saturated rings. The predicted molar refractivity (Wildman–Crippen MR) is 143 cm³/mol. The first-order valence-electron chi connectivity index (χ1n) is 11.4. The van der Waals surface area contributed by atoms with E-state index in [4.69, 9.17) is 28.3 Å². The summed E-state index contributed by atoms with van der Waals surface area (Å²) in [4.78, 5) is 27.6. The molecule has 0 bridgehead atoms. The third-order valence-corrected chi connectivity index (χ3v) is 5.78. The molecule has 2 aromatic carbocycles. The van der Waals surface area contributed by atoms with Crippen molar-refractivity contribution >= 4 is 46.6 Å². The molecule has 3 aromatic rings. The number of nitrogens with one attached hydrogen (secondary N) is 2. The summed E-state index contributed by atoms with van der Waals surface area (Å²) in [6.07, 6.45) is 0. The number of benzene rings is 2. The smallest absolute Gasteiger partial charge is 0.315 e. The van der Waals surface area contributed by atoms with Crippen molar-refractivity contribution in [3.8, 4) is 5.69 Å². The fraction of sp³-hybridized carbons (Fsp3) is 0.346. The Morgan fingerprint density at radius 3 is 2.20 bits per heavy atom. The summed E-state index contributed by atoms with van der Waals surface area (Å²) in [5, 5.41) is 11.0. The fourth-order valence-electron chi connectivity index (χ4n) is 3.42. The van der Waals surface area contributed by atoms with Gasteiger partial charge < -0.3 is 15.5 Å². The van der Waals surface area contributed by atoms with E-state index in [1.165, 1.54) is 4.90 Å². The maximum atomic E-state index is 13.1. The topological polar surface area (TPSA) is 79.3 Å². The van der Waals surface area contributed by atoms with Gasteiger partial charge in [0.05, 0.1) is 27.1 Å².